The number of hydrogen-bond donors (Lipinski definition) is 1. The zero-order valence-corrected chi connectivity index (χ0v) is 12.6. The van der Waals surface area contributed by atoms with Crippen LogP contribution in [-0.2, 0) is 4.79 Å². The van der Waals surface area contributed by atoms with Crippen LogP contribution < -0.4 is 4.90 Å². The van der Waals surface area contributed by atoms with Gasteiger partial charge in [0.2, 0.25) is 0 Å². The first kappa shape index (κ1) is 15.6. The molecule has 1 unspecified atom stereocenters. The zero-order valence-electron chi connectivity index (χ0n) is 11.9. The first-order valence-electron chi connectivity index (χ1n) is 6.70. The van der Waals surface area contributed by atoms with Crippen molar-refractivity contribution in [3.05, 3.63) is 33.3 Å². The van der Waals surface area contributed by atoms with E-state index in [4.69, 9.17) is 11.6 Å². The summed E-state index contributed by atoms with van der Waals surface area (Å²) in [6.07, 6.45) is 0.462. The summed E-state index contributed by atoms with van der Waals surface area (Å²) < 4.78 is 0. The van der Waals surface area contributed by atoms with Gasteiger partial charge < -0.3 is 10.0 Å². The standard InChI is InChI=1S/C14H17ClN2O4/c1-9(2)14(13(18)19)5-6-16(8-14)12-7-10(15)3-4-11(12)17(20)21/h3-4,7,9H,5-6,8H2,1-2H3,(H,18,19). The minimum Gasteiger partial charge on any atom is -0.481 e. The van der Waals surface area contributed by atoms with Crippen molar-refractivity contribution < 1.29 is 14.8 Å². The third-order valence-electron chi connectivity index (χ3n) is 4.31. The fraction of sp³-hybridized carbons (Fsp3) is 0.500. The number of halogens is 1. The lowest BCUT2D eigenvalue weighted by atomic mass is 9.76. The Bertz CT molecular complexity index is 590. The van der Waals surface area contributed by atoms with Crippen LogP contribution in [0.3, 0.4) is 0 Å². The van der Waals surface area contributed by atoms with E-state index in [2.05, 4.69) is 0 Å². The van der Waals surface area contributed by atoms with Crippen LogP contribution in [0.4, 0.5) is 11.4 Å². The molecule has 0 aromatic heterocycles. The minimum atomic E-state index is -0.879. The molecular weight excluding hydrogens is 296 g/mol. The normalized spacial score (nSPS) is 21.8. The number of carbonyl (C=O) groups is 1. The molecule has 114 valence electrons. The summed E-state index contributed by atoms with van der Waals surface area (Å²) in [5.74, 6) is -0.914. The molecule has 1 N–H and O–H groups in total. The van der Waals surface area contributed by atoms with Gasteiger partial charge in [0.05, 0.1) is 10.3 Å². The third kappa shape index (κ3) is 2.68. The maximum atomic E-state index is 11.6. The maximum Gasteiger partial charge on any atom is 0.311 e. The second kappa shape index (κ2) is 5.52. The van der Waals surface area contributed by atoms with Crippen molar-refractivity contribution in [1.29, 1.82) is 0 Å². The quantitative estimate of drug-likeness (QED) is 0.682. The van der Waals surface area contributed by atoms with Crippen molar-refractivity contribution in [1.82, 2.24) is 0 Å². The predicted octanol–water partition coefficient (Wildman–Crippen LogP) is 3.19. The maximum absolute atomic E-state index is 11.6. The molecule has 2 rings (SSSR count). The van der Waals surface area contributed by atoms with Gasteiger partial charge in [0, 0.05) is 24.2 Å². The molecule has 0 amide bonds. The second-order valence-corrected chi connectivity index (χ2v) is 6.11. The number of carboxylic acid groups (broad SMARTS) is 1. The molecule has 0 radical (unpaired) electrons. The molecule has 1 aromatic carbocycles. The van der Waals surface area contributed by atoms with E-state index in [0.29, 0.717) is 23.7 Å². The summed E-state index contributed by atoms with van der Waals surface area (Å²) in [4.78, 5) is 24.1. The van der Waals surface area contributed by atoms with Gasteiger partial charge >= 0.3 is 5.97 Å². The van der Waals surface area contributed by atoms with Gasteiger partial charge in [-0.1, -0.05) is 25.4 Å². The Morgan fingerprint density at radius 2 is 2.19 bits per heavy atom. The Balaban J connectivity index is 2.40. The van der Waals surface area contributed by atoms with Crippen LogP contribution in [0.25, 0.3) is 0 Å². The molecule has 21 heavy (non-hydrogen) atoms. The number of nitro benzene ring substituents is 1. The van der Waals surface area contributed by atoms with E-state index in [-0.39, 0.29) is 18.2 Å². The van der Waals surface area contributed by atoms with Crippen molar-refractivity contribution in [3.8, 4) is 0 Å². The average Bonchev–Trinajstić information content (AvgIpc) is 2.84. The summed E-state index contributed by atoms with van der Waals surface area (Å²) in [7, 11) is 0. The monoisotopic (exact) mass is 312 g/mol. The summed E-state index contributed by atoms with van der Waals surface area (Å²) in [5.41, 5.74) is -0.545. The second-order valence-electron chi connectivity index (χ2n) is 5.68. The lowest BCUT2D eigenvalue weighted by Gasteiger charge is -2.29. The van der Waals surface area contributed by atoms with Gasteiger partial charge in [0.1, 0.15) is 5.69 Å². The van der Waals surface area contributed by atoms with Crippen molar-refractivity contribution in [2.24, 2.45) is 11.3 Å². The first-order valence-corrected chi connectivity index (χ1v) is 7.08. The van der Waals surface area contributed by atoms with Crippen LogP contribution in [0.2, 0.25) is 5.02 Å². The highest BCUT2D eigenvalue weighted by atomic mass is 35.5. The van der Waals surface area contributed by atoms with Crippen LogP contribution in [0.5, 0.6) is 0 Å². The van der Waals surface area contributed by atoms with Crippen molar-refractivity contribution in [2.45, 2.75) is 20.3 Å². The molecule has 1 aliphatic heterocycles. The van der Waals surface area contributed by atoms with Gasteiger partial charge in [-0.3, -0.25) is 14.9 Å². The molecule has 1 saturated heterocycles. The van der Waals surface area contributed by atoms with E-state index in [0.717, 1.165) is 0 Å². The highest BCUT2D eigenvalue weighted by Gasteiger charge is 2.48. The number of benzene rings is 1. The Kier molecular flexibility index (Phi) is 4.09. The summed E-state index contributed by atoms with van der Waals surface area (Å²) in [5, 5.41) is 21.1. The summed E-state index contributed by atoms with van der Waals surface area (Å²) in [6, 6.07) is 4.35. The molecule has 0 aliphatic carbocycles. The third-order valence-corrected chi connectivity index (χ3v) is 4.54. The van der Waals surface area contributed by atoms with Crippen molar-refractivity contribution >= 4 is 28.9 Å². The van der Waals surface area contributed by atoms with Crippen LogP contribution >= 0.6 is 11.6 Å². The van der Waals surface area contributed by atoms with Gasteiger partial charge in [0.15, 0.2) is 0 Å². The lowest BCUT2D eigenvalue weighted by Crippen LogP contribution is -2.39. The smallest absolute Gasteiger partial charge is 0.311 e. The Morgan fingerprint density at radius 1 is 1.52 bits per heavy atom. The van der Waals surface area contributed by atoms with Gasteiger partial charge in [-0.2, -0.15) is 0 Å². The van der Waals surface area contributed by atoms with Crippen molar-refractivity contribution in [2.75, 3.05) is 18.0 Å². The fourth-order valence-corrected chi connectivity index (χ4v) is 3.00. The molecule has 7 heteroatoms. The number of nitrogens with zero attached hydrogens (tertiary/aromatic N) is 2. The Labute approximate surface area is 127 Å². The Morgan fingerprint density at radius 3 is 2.67 bits per heavy atom. The highest BCUT2D eigenvalue weighted by molar-refractivity contribution is 6.31. The van der Waals surface area contributed by atoms with E-state index in [1.165, 1.54) is 18.2 Å². The highest BCUT2D eigenvalue weighted by Crippen LogP contribution is 2.42. The zero-order chi connectivity index (χ0) is 15.8. The van der Waals surface area contributed by atoms with Crippen LogP contribution in [-0.4, -0.2) is 29.1 Å². The van der Waals surface area contributed by atoms with E-state index in [9.17, 15) is 20.0 Å². The summed E-state index contributed by atoms with van der Waals surface area (Å²) >= 11 is 5.93. The summed E-state index contributed by atoms with van der Waals surface area (Å²) in [6.45, 7) is 4.45. The molecule has 0 saturated carbocycles. The molecule has 0 spiro atoms. The number of anilines is 1. The van der Waals surface area contributed by atoms with Crippen molar-refractivity contribution in [3.63, 3.8) is 0 Å². The SMILES string of the molecule is CC(C)C1(C(=O)O)CCN(c2cc(Cl)ccc2[N+](=O)[O-])C1. The van der Waals surface area contributed by atoms with Gasteiger partial charge in [-0.05, 0) is 24.5 Å². The van der Waals surface area contributed by atoms with E-state index < -0.39 is 16.3 Å². The van der Waals surface area contributed by atoms with Crippen LogP contribution in [0, 0.1) is 21.4 Å². The number of carboxylic acids is 1. The van der Waals surface area contributed by atoms with Crippen LogP contribution in [0.15, 0.2) is 18.2 Å². The molecule has 1 heterocycles. The fourth-order valence-electron chi connectivity index (χ4n) is 2.84. The largest absolute Gasteiger partial charge is 0.481 e. The van der Waals surface area contributed by atoms with E-state index >= 15 is 0 Å². The first-order chi connectivity index (χ1) is 9.78. The molecule has 1 fully saturated rings. The minimum absolute atomic E-state index is 0.0515. The van der Waals surface area contributed by atoms with Gasteiger partial charge in [-0.25, -0.2) is 0 Å². The van der Waals surface area contributed by atoms with Gasteiger partial charge in [-0.15, -0.1) is 0 Å². The molecular formula is C14H17ClN2O4. The predicted molar refractivity (Wildman–Crippen MR) is 79.8 cm³/mol. The molecule has 1 aliphatic rings. The molecule has 1 aromatic rings. The van der Waals surface area contributed by atoms with Gasteiger partial charge in [0.25, 0.3) is 5.69 Å². The number of aliphatic carboxylic acids is 1. The molecule has 1 atom stereocenters. The number of hydrogen-bond acceptors (Lipinski definition) is 4. The molecule has 6 nitrogen and oxygen atoms in total. The van der Waals surface area contributed by atoms with E-state index in [1.807, 2.05) is 13.8 Å². The lowest BCUT2D eigenvalue weighted by molar-refractivity contribution is -0.384. The average molecular weight is 313 g/mol. The van der Waals surface area contributed by atoms with E-state index in [1.54, 1.807) is 4.90 Å². The van der Waals surface area contributed by atoms with Crippen LogP contribution in [0.1, 0.15) is 20.3 Å². The number of nitro groups is 1. The topological polar surface area (TPSA) is 83.7 Å². The number of rotatable bonds is 4. The Hall–Kier alpha value is -1.82. The molecule has 0 bridgehead atoms.